The van der Waals surface area contributed by atoms with E-state index in [1.807, 2.05) is 19.4 Å². The second-order valence-electron chi connectivity index (χ2n) is 3.92. The van der Waals surface area contributed by atoms with Crippen LogP contribution in [0.15, 0.2) is 24.5 Å². The summed E-state index contributed by atoms with van der Waals surface area (Å²) in [4.78, 5) is 4.34. The Labute approximate surface area is 84.8 Å². The van der Waals surface area contributed by atoms with E-state index in [0.717, 1.165) is 18.7 Å². The van der Waals surface area contributed by atoms with Gasteiger partial charge in [0, 0.05) is 25.5 Å². The molecule has 1 atom stereocenters. The van der Waals surface area contributed by atoms with Crippen LogP contribution in [0.1, 0.15) is 31.6 Å². The first-order valence-electron chi connectivity index (χ1n) is 5.15. The van der Waals surface area contributed by atoms with E-state index in [4.69, 9.17) is 0 Å². The molecule has 1 heterocycles. The van der Waals surface area contributed by atoms with Crippen molar-refractivity contribution in [3.8, 4) is 0 Å². The number of imidazole rings is 1. The third-order valence-corrected chi connectivity index (χ3v) is 2.74. The molecule has 0 amide bonds. The Hall–Kier alpha value is -1.09. The van der Waals surface area contributed by atoms with Crippen molar-refractivity contribution in [2.24, 2.45) is 7.05 Å². The van der Waals surface area contributed by atoms with E-state index in [1.165, 1.54) is 0 Å². The Morgan fingerprint density at radius 1 is 1.50 bits per heavy atom. The van der Waals surface area contributed by atoms with Crippen molar-refractivity contribution in [3.05, 3.63) is 30.4 Å². The Bertz CT molecular complexity index is 319. The van der Waals surface area contributed by atoms with E-state index >= 15 is 0 Å². The highest BCUT2D eigenvalue weighted by Gasteiger charge is 2.16. The summed E-state index contributed by atoms with van der Waals surface area (Å²) >= 11 is 0. The fraction of sp³-hybridized carbons (Fsp3) is 0.545. The highest BCUT2D eigenvalue weighted by atomic mass is 15.1. The van der Waals surface area contributed by atoms with E-state index in [9.17, 15) is 0 Å². The van der Waals surface area contributed by atoms with Crippen LogP contribution in [0.4, 0.5) is 0 Å². The molecule has 1 aromatic rings. The second-order valence-corrected chi connectivity index (χ2v) is 3.92. The Morgan fingerprint density at radius 3 is 2.79 bits per heavy atom. The maximum absolute atomic E-state index is 4.34. The van der Waals surface area contributed by atoms with Crippen LogP contribution in [-0.4, -0.2) is 15.6 Å². The van der Waals surface area contributed by atoms with Crippen LogP contribution in [-0.2, 0) is 7.05 Å². The molecule has 14 heavy (non-hydrogen) atoms. The number of hydrogen-bond donors (Lipinski definition) is 1. The molecule has 3 nitrogen and oxygen atoms in total. The van der Waals surface area contributed by atoms with E-state index in [1.54, 1.807) is 0 Å². The van der Waals surface area contributed by atoms with Gasteiger partial charge in [-0.25, -0.2) is 4.98 Å². The number of rotatable bonds is 3. The fourth-order valence-electron chi connectivity index (χ4n) is 1.98. The summed E-state index contributed by atoms with van der Waals surface area (Å²) < 4.78 is 2.07. The van der Waals surface area contributed by atoms with Crippen molar-refractivity contribution in [1.82, 2.24) is 14.9 Å². The minimum Gasteiger partial charge on any atom is -0.337 e. The number of nitrogens with one attached hydrogen (secondary N) is 1. The molecule has 0 aliphatic heterocycles. The molecule has 0 fully saturated rings. The van der Waals surface area contributed by atoms with Gasteiger partial charge in [0.15, 0.2) is 0 Å². The molecule has 2 rings (SSSR count). The van der Waals surface area contributed by atoms with Gasteiger partial charge >= 0.3 is 0 Å². The van der Waals surface area contributed by atoms with Crippen molar-refractivity contribution >= 4 is 0 Å². The third-order valence-electron chi connectivity index (χ3n) is 2.74. The Kier molecular flexibility index (Phi) is 2.68. The quantitative estimate of drug-likeness (QED) is 0.738. The molecule has 0 saturated heterocycles. The van der Waals surface area contributed by atoms with E-state index in [0.29, 0.717) is 12.1 Å². The molecule has 1 aliphatic carbocycles. The topological polar surface area (TPSA) is 29.9 Å². The fourth-order valence-corrected chi connectivity index (χ4v) is 1.98. The SMILES string of the molecule is CC(NC1CC=CC1)c1nccn1C. The van der Waals surface area contributed by atoms with Crippen LogP contribution < -0.4 is 5.32 Å². The van der Waals surface area contributed by atoms with Gasteiger partial charge in [-0.2, -0.15) is 0 Å². The zero-order valence-corrected chi connectivity index (χ0v) is 8.77. The van der Waals surface area contributed by atoms with Crippen LogP contribution >= 0.6 is 0 Å². The van der Waals surface area contributed by atoms with Gasteiger partial charge in [-0.15, -0.1) is 0 Å². The highest BCUT2D eigenvalue weighted by molar-refractivity contribution is 5.02. The van der Waals surface area contributed by atoms with Crippen molar-refractivity contribution < 1.29 is 0 Å². The Morgan fingerprint density at radius 2 is 2.21 bits per heavy atom. The maximum atomic E-state index is 4.34. The lowest BCUT2D eigenvalue weighted by molar-refractivity contribution is 0.448. The number of hydrogen-bond acceptors (Lipinski definition) is 2. The van der Waals surface area contributed by atoms with Gasteiger partial charge in [0.05, 0.1) is 6.04 Å². The molecule has 0 spiro atoms. The van der Waals surface area contributed by atoms with Crippen molar-refractivity contribution in [1.29, 1.82) is 0 Å². The standard InChI is InChI=1S/C11H17N3/c1-9(11-12-7-8-14(11)2)13-10-5-3-4-6-10/h3-4,7-10,13H,5-6H2,1-2H3. The second kappa shape index (κ2) is 3.96. The van der Waals surface area contributed by atoms with Crippen molar-refractivity contribution in [2.45, 2.75) is 31.8 Å². The lowest BCUT2D eigenvalue weighted by Crippen LogP contribution is -2.30. The summed E-state index contributed by atoms with van der Waals surface area (Å²) in [5.74, 6) is 1.11. The zero-order valence-electron chi connectivity index (χ0n) is 8.77. The van der Waals surface area contributed by atoms with Gasteiger partial charge in [-0.3, -0.25) is 0 Å². The van der Waals surface area contributed by atoms with E-state index < -0.39 is 0 Å². The molecule has 1 aliphatic rings. The molecule has 3 heteroatoms. The molecular weight excluding hydrogens is 174 g/mol. The predicted molar refractivity (Wildman–Crippen MR) is 56.9 cm³/mol. The number of aromatic nitrogens is 2. The Balaban J connectivity index is 1.95. The van der Waals surface area contributed by atoms with Crippen LogP contribution in [0.5, 0.6) is 0 Å². The lowest BCUT2D eigenvalue weighted by Gasteiger charge is -2.18. The first-order valence-corrected chi connectivity index (χ1v) is 5.15. The van der Waals surface area contributed by atoms with Gasteiger partial charge in [0.2, 0.25) is 0 Å². The lowest BCUT2D eigenvalue weighted by atomic mass is 10.2. The largest absolute Gasteiger partial charge is 0.337 e. The monoisotopic (exact) mass is 191 g/mol. The first-order chi connectivity index (χ1) is 6.77. The van der Waals surface area contributed by atoms with E-state index in [-0.39, 0.29) is 0 Å². The first kappa shape index (κ1) is 9.46. The highest BCUT2D eigenvalue weighted by Crippen LogP contribution is 2.15. The number of aryl methyl sites for hydroxylation is 1. The molecule has 0 bridgehead atoms. The molecule has 0 aromatic carbocycles. The third kappa shape index (κ3) is 1.87. The molecule has 0 radical (unpaired) electrons. The summed E-state index contributed by atoms with van der Waals surface area (Å²) in [6.07, 6.45) is 10.6. The maximum Gasteiger partial charge on any atom is 0.125 e. The molecule has 76 valence electrons. The average molecular weight is 191 g/mol. The molecule has 1 unspecified atom stereocenters. The zero-order chi connectivity index (χ0) is 9.97. The summed E-state index contributed by atoms with van der Waals surface area (Å²) in [6, 6.07) is 0.932. The average Bonchev–Trinajstić information content (AvgIpc) is 2.75. The van der Waals surface area contributed by atoms with Crippen LogP contribution in [0.2, 0.25) is 0 Å². The molecular formula is C11H17N3. The summed E-state index contributed by atoms with van der Waals surface area (Å²) in [6.45, 7) is 2.17. The van der Waals surface area contributed by atoms with Crippen LogP contribution in [0.25, 0.3) is 0 Å². The predicted octanol–water partition coefficient (Wildman–Crippen LogP) is 1.79. The molecule has 0 saturated carbocycles. The smallest absolute Gasteiger partial charge is 0.125 e. The summed E-state index contributed by atoms with van der Waals surface area (Å²) in [7, 11) is 2.04. The summed E-state index contributed by atoms with van der Waals surface area (Å²) in [5, 5.41) is 3.58. The number of nitrogens with zero attached hydrogens (tertiary/aromatic N) is 2. The summed E-state index contributed by atoms with van der Waals surface area (Å²) in [5.41, 5.74) is 0. The van der Waals surface area contributed by atoms with Gasteiger partial charge in [0.25, 0.3) is 0 Å². The van der Waals surface area contributed by atoms with Gasteiger partial charge in [0.1, 0.15) is 5.82 Å². The normalized spacial score (nSPS) is 19.0. The van der Waals surface area contributed by atoms with Gasteiger partial charge in [-0.1, -0.05) is 12.2 Å². The van der Waals surface area contributed by atoms with Crippen LogP contribution in [0.3, 0.4) is 0 Å². The van der Waals surface area contributed by atoms with Gasteiger partial charge < -0.3 is 9.88 Å². The minimum absolute atomic E-state index is 0.333. The van der Waals surface area contributed by atoms with Crippen molar-refractivity contribution in [3.63, 3.8) is 0 Å². The van der Waals surface area contributed by atoms with E-state index in [2.05, 4.69) is 33.9 Å². The minimum atomic E-state index is 0.333. The molecule has 1 aromatic heterocycles. The van der Waals surface area contributed by atoms with Crippen molar-refractivity contribution in [2.75, 3.05) is 0 Å². The molecule has 1 N–H and O–H groups in total. The van der Waals surface area contributed by atoms with Gasteiger partial charge in [-0.05, 0) is 19.8 Å². The van der Waals surface area contributed by atoms with Crippen LogP contribution in [0, 0.1) is 0 Å².